The van der Waals surface area contributed by atoms with Gasteiger partial charge in [-0.15, -0.1) is 11.3 Å². The van der Waals surface area contributed by atoms with Crippen molar-refractivity contribution in [1.29, 1.82) is 0 Å². The van der Waals surface area contributed by atoms with E-state index in [0.29, 0.717) is 22.9 Å². The lowest BCUT2D eigenvalue weighted by atomic mass is 10.00. The van der Waals surface area contributed by atoms with Crippen LogP contribution in [0.1, 0.15) is 45.7 Å². The van der Waals surface area contributed by atoms with Gasteiger partial charge in [-0.1, -0.05) is 12.1 Å². The van der Waals surface area contributed by atoms with E-state index in [4.69, 9.17) is 0 Å². The number of halogens is 1. The predicted octanol–water partition coefficient (Wildman–Crippen LogP) is 4.56. The number of rotatable bonds is 4. The lowest BCUT2D eigenvalue weighted by molar-refractivity contribution is -0.115. The van der Waals surface area contributed by atoms with Crippen LogP contribution < -0.4 is 4.90 Å². The molecule has 7 heteroatoms. The van der Waals surface area contributed by atoms with Crippen molar-refractivity contribution in [2.24, 2.45) is 5.10 Å². The largest absolute Gasteiger partial charge is 0.291 e. The Kier molecular flexibility index (Phi) is 5.66. The Labute approximate surface area is 157 Å². The van der Waals surface area contributed by atoms with Crippen LogP contribution in [0.2, 0.25) is 0 Å². The van der Waals surface area contributed by atoms with Gasteiger partial charge in [0.1, 0.15) is 5.82 Å². The fraction of sp³-hybridized carbons (Fsp3) is 0.421. The molecule has 0 N–H and O–H groups in total. The summed E-state index contributed by atoms with van der Waals surface area (Å²) in [6.07, 6.45) is 5.22. The third-order valence-corrected chi connectivity index (χ3v) is 5.42. The second-order valence-corrected chi connectivity index (χ2v) is 7.45. The van der Waals surface area contributed by atoms with Crippen LogP contribution in [-0.2, 0) is 4.79 Å². The van der Waals surface area contributed by atoms with E-state index in [1.165, 1.54) is 35.6 Å². The van der Waals surface area contributed by atoms with Gasteiger partial charge in [-0.05, 0) is 45.2 Å². The molecule has 1 aliphatic heterocycles. The van der Waals surface area contributed by atoms with E-state index in [9.17, 15) is 9.18 Å². The van der Waals surface area contributed by atoms with Crippen LogP contribution in [0, 0.1) is 5.82 Å². The van der Waals surface area contributed by atoms with E-state index >= 15 is 0 Å². The van der Waals surface area contributed by atoms with Crippen LogP contribution in [0.4, 0.5) is 15.2 Å². The molecule has 1 aromatic carbocycles. The number of hydrogen-bond donors (Lipinski definition) is 0. The standard InChI is InChI=1S/C19H23FN4OS/c1-13-7-6-8-14(2)24(13)21-11-16-12-26-19(22-16)23(15(3)25)18-10-5-4-9-17(18)20/h4-5,9-14H,6-8H2,1-3H3/b21-11-/t13-,14-/m0/s1. The van der Waals surface area contributed by atoms with E-state index in [1.54, 1.807) is 24.4 Å². The number of anilines is 2. The summed E-state index contributed by atoms with van der Waals surface area (Å²) < 4.78 is 14.1. The topological polar surface area (TPSA) is 48.8 Å². The molecule has 1 amide bonds. The molecule has 2 atom stereocenters. The molecule has 0 bridgehead atoms. The van der Waals surface area contributed by atoms with E-state index < -0.39 is 5.82 Å². The minimum Gasteiger partial charge on any atom is -0.291 e. The molecule has 138 valence electrons. The highest BCUT2D eigenvalue weighted by Crippen LogP contribution is 2.30. The fourth-order valence-corrected chi connectivity index (χ4v) is 4.07. The number of carbonyl (C=O) groups excluding carboxylic acids is 1. The molecule has 0 radical (unpaired) electrons. The zero-order chi connectivity index (χ0) is 18.7. The van der Waals surface area contributed by atoms with Crippen LogP contribution in [0.3, 0.4) is 0 Å². The maximum atomic E-state index is 14.1. The number of nitrogens with zero attached hydrogens (tertiary/aromatic N) is 4. The third kappa shape index (κ3) is 3.93. The van der Waals surface area contributed by atoms with E-state index in [2.05, 4.69) is 28.9 Å². The van der Waals surface area contributed by atoms with Crippen molar-refractivity contribution in [2.75, 3.05) is 4.90 Å². The lowest BCUT2D eigenvalue weighted by Crippen LogP contribution is -2.39. The maximum absolute atomic E-state index is 14.1. The van der Waals surface area contributed by atoms with Gasteiger partial charge in [0.05, 0.1) is 17.6 Å². The number of para-hydroxylation sites is 1. The van der Waals surface area contributed by atoms with Crippen molar-refractivity contribution < 1.29 is 9.18 Å². The summed E-state index contributed by atoms with van der Waals surface area (Å²) in [5.74, 6) is -0.740. The number of hydrazone groups is 1. The first-order valence-electron chi connectivity index (χ1n) is 8.80. The lowest BCUT2D eigenvalue weighted by Gasteiger charge is -2.36. The molecule has 2 heterocycles. The van der Waals surface area contributed by atoms with Crippen LogP contribution >= 0.6 is 11.3 Å². The van der Waals surface area contributed by atoms with Crippen LogP contribution in [0.25, 0.3) is 0 Å². The first-order valence-corrected chi connectivity index (χ1v) is 9.68. The van der Waals surface area contributed by atoms with Crippen LogP contribution in [0.5, 0.6) is 0 Å². The number of carbonyl (C=O) groups is 1. The molecule has 1 aliphatic rings. The Morgan fingerprint density at radius 1 is 1.35 bits per heavy atom. The van der Waals surface area contributed by atoms with Crippen molar-refractivity contribution >= 4 is 34.3 Å². The second-order valence-electron chi connectivity index (χ2n) is 6.61. The smallest absolute Gasteiger partial charge is 0.230 e. The molecule has 0 aliphatic carbocycles. The first-order chi connectivity index (χ1) is 12.5. The van der Waals surface area contributed by atoms with Crippen LogP contribution in [-0.4, -0.2) is 34.2 Å². The van der Waals surface area contributed by atoms with Gasteiger partial charge in [0.25, 0.3) is 0 Å². The fourth-order valence-electron chi connectivity index (χ4n) is 3.24. The highest BCUT2D eigenvalue weighted by atomic mass is 32.1. The zero-order valence-electron chi connectivity index (χ0n) is 15.2. The summed E-state index contributed by atoms with van der Waals surface area (Å²) in [5.41, 5.74) is 0.869. The van der Waals surface area contributed by atoms with Gasteiger partial charge in [-0.2, -0.15) is 5.10 Å². The first kappa shape index (κ1) is 18.5. The summed E-state index contributed by atoms with van der Waals surface area (Å²) >= 11 is 1.30. The molecule has 5 nitrogen and oxygen atoms in total. The Morgan fingerprint density at radius 3 is 2.69 bits per heavy atom. The van der Waals surface area contributed by atoms with Crippen molar-refractivity contribution in [3.8, 4) is 0 Å². The zero-order valence-corrected chi connectivity index (χ0v) is 16.0. The molecular weight excluding hydrogens is 351 g/mol. The summed E-state index contributed by atoms with van der Waals surface area (Å²) in [4.78, 5) is 17.8. The highest BCUT2D eigenvalue weighted by Gasteiger charge is 2.23. The molecule has 0 saturated carbocycles. The average molecular weight is 374 g/mol. The van der Waals surface area contributed by atoms with Gasteiger partial charge >= 0.3 is 0 Å². The molecule has 2 aromatic rings. The Balaban J connectivity index is 1.83. The number of amides is 1. The van der Waals surface area contributed by atoms with E-state index in [-0.39, 0.29) is 11.6 Å². The summed E-state index contributed by atoms with van der Waals surface area (Å²) in [6.45, 7) is 5.75. The Hall–Kier alpha value is -2.28. The predicted molar refractivity (Wildman–Crippen MR) is 104 cm³/mol. The van der Waals surface area contributed by atoms with Crippen molar-refractivity contribution in [2.45, 2.75) is 52.1 Å². The van der Waals surface area contributed by atoms with Gasteiger partial charge in [-0.3, -0.25) is 14.7 Å². The molecule has 1 saturated heterocycles. The number of aromatic nitrogens is 1. The molecule has 26 heavy (non-hydrogen) atoms. The normalized spacial score (nSPS) is 20.5. The molecular formula is C19H23FN4OS. The second kappa shape index (κ2) is 7.95. The van der Waals surface area contributed by atoms with Gasteiger partial charge in [0.2, 0.25) is 5.91 Å². The third-order valence-electron chi connectivity index (χ3n) is 4.58. The number of benzene rings is 1. The summed E-state index contributed by atoms with van der Waals surface area (Å²) in [7, 11) is 0. The van der Waals surface area contributed by atoms with Crippen LogP contribution in [0.15, 0.2) is 34.7 Å². The maximum Gasteiger partial charge on any atom is 0.230 e. The average Bonchev–Trinajstić information content (AvgIpc) is 3.04. The molecule has 0 unspecified atom stereocenters. The van der Waals surface area contributed by atoms with Crippen molar-refractivity contribution in [3.05, 3.63) is 41.2 Å². The molecule has 1 aromatic heterocycles. The number of piperidine rings is 1. The summed E-state index contributed by atoms with van der Waals surface area (Å²) in [6, 6.07) is 7.01. The minimum absolute atomic E-state index is 0.205. The molecule has 3 rings (SSSR count). The summed E-state index contributed by atoms with van der Waals surface area (Å²) in [5, 5.41) is 8.97. The van der Waals surface area contributed by atoms with E-state index in [0.717, 1.165) is 12.8 Å². The SMILES string of the molecule is CC(=O)N(c1nc(/C=N\N2[C@@H](C)CCC[C@@H]2C)cs1)c1ccccc1F. The number of thiazole rings is 1. The highest BCUT2D eigenvalue weighted by molar-refractivity contribution is 7.14. The number of hydrogen-bond acceptors (Lipinski definition) is 5. The molecule has 1 fully saturated rings. The molecule has 0 spiro atoms. The monoisotopic (exact) mass is 374 g/mol. The Bertz CT molecular complexity index is 796. The van der Waals surface area contributed by atoms with Gasteiger partial charge in [0, 0.05) is 24.4 Å². The van der Waals surface area contributed by atoms with Gasteiger partial charge in [0.15, 0.2) is 5.13 Å². The van der Waals surface area contributed by atoms with Gasteiger partial charge < -0.3 is 0 Å². The van der Waals surface area contributed by atoms with Gasteiger partial charge in [-0.25, -0.2) is 9.37 Å². The van der Waals surface area contributed by atoms with E-state index in [1.807, 2.05) is 5.38 Å². The van der Waals surface area contributed by atoms with Crippen molar-refractivity contribution in [1.82, 2.24) is 9.99 Å². The minimum atomic E-state index is -0.455. The van der Waals surface area contributed by atoms with Crippen molar-refractivity contribution in [3.63, 3.8) is 0 Å². The Morgan fingerprint density at radius 2 is 2.04 bits per heavy atom. The quantitative estimate of drug-likeness (QED) is 0.737.